The Kier molecular flexibility index (Phi) is 9.53. The van der Waals surface area contributed by atoms with Gasteiger partial charge in [0.25, 0.3) is 0 Å². The van der Waals surface area contributed by atoms with Gasteiger partial charge in [-0.3, -0.25) is 0 Å². The molecule has 0 bridgehead atoms. The molecule has 0 atom stereocenters. The maximum atomic E-state index is 5.88. The summed E-state index contributed by atoms with van der Waals surface area (Å²) in [7, 11) is 0. The Morgan fingerprint density at radius 2 is 0.889 bits per heavy atom. The Hall–Kier alpha value is -4.93. The molecule has 6 rings (SSSR count). The maximum absolute atomic E-state index is 5.88. The molecule has 0 saturated heterocycles. The SMILES string of the molecule is Cc1cccc(N(c2ccccc2)c2ccc(-c3ccc(N(c4ccc(OCCCS)cc4)c4cccc(C)c4)cc3)cc2)c1. The normalized spacial score (nSPS) is 10.8. The fraction of sp³-hybridized carbons (Fsp3) is 0.122. The summed E-state index contributed by atoms with van der Waals surface area (Å²) in [5.41, 5.74) is 11.5. The first kappa shape index (κ1) is 30.1. The van der Waals surface area contributed by atoms with E-state index in [0.717, 1.165) is 52.0 Å². The molecule has 0 aliphatic heterocycles. The molecule has 0 fully saturated rings. The smallest absolute Gasteiger partial charge is 0.119 e. The van der Waals surface area contributed by atoms with Gasteiger partial charge in [0.1, 0.15) is 5.75 Å². The van der Waals surface area contributed by atoms with E-state index < -0.39 is 0 Å². The predicted octanol–water partition coefficient (Wildman–Crippen LogP) is 11.6. The van der Waals surface area contributed by atoms with E-state index in [2.05, 4.69) is 176 Å². The van der Waals surface area contributed by atoms with Crippen LogP contribution in [0.2, 0.25) is 0 Å². The zero-order valence-corrected chi connectivity index (χ0v) is 26.7. The van der Waals surface area contributed by atoms with Crippen molar-refractivity contribution >= 4 is 46.8 Å². The minimum absolute atomic E-state index is 0.670. The minimum Gasteiger partial charge on any atom is -0.494 e. The van der Waals surface area contributed by atoms with Crippen molar-refractivity contribution in [2.24, 2.45) is 0 Å². The molecule has 224 valence electrons. The average molecular weight is 607 g/mol. The van der Waals surface area contributed by atoms with Crippen LogP contribution in [0, 0.1) is 13.8 Å². The number of para-hydroxylation sites is 1. The average Bonchev–Trinajstić information content (AvgIpc) is 3.07. The molecule has 0 radical (unpaired) electrons. The lowest BCUT2D eigenvalue weighted by atomic mass is 10.0. The van der Waals surface area contributed by atoms with Gasteiger partial charge in [0.2, 0.25) is 0 Å². The highest BCUT2D eigenvalue weighted by molar-refractivity contribution is 7.80. The lowest BCUT2D eigenvalue weighted by Gasteiger charge is -2.26. The first-order chi connectivity index (χ1) is 22.1. The van der Waals surface area contributed by atoms with Crippen molar-refractivity contribution in [1.82, 2.24) is 0 Å². The number of hydrogen-bond donors (Lipinski definition) is 1. The van der Waals surface area contributed by atoms with Crippen LogP contribution in [0.5, 0.6) is 5.75 Å². The minimum atomic E-state index is 0.670. The molecule has 0 aromatic heterocycles. The van der Waals surface area contributed by atoms with Crippen LogP contribution in [0.4, 0.5) is 34.1 Å². The number of hydrogen-bond acceptors (Lipinski definition) is 4. The van der Waals surface area contributed by atoms with Crippen molar-refractivity contribution in [2.45, 2.75) is 20.3 Å². The molecule has 0 amide bonds. The molecule has 0 N–H and O–H groups in total. The van der Waals surface area contributed by atoms with Crippen LogP contribution in [0.1, 0.15) is 17.5 Å². The van der Waals surface area contributed by atoms with Gasteiger partial charge < -0.3 is 14.5 Å². The molecule has 0 heterocycles. The van der Waals surface area contributed by atoms with E-state index in [9.17, 15) is 0 Å². The Morgan fingerprint density at radius 1 is 0.467 bits per heavy atom. The Morgan fingerprint density at radius 3 is 1.33 bits per heavy atom. The van der Waals surface area contributed by atoms with Gasteiger partial charge in [0.05, 0.1) is 6.61 Å². The van der Waals surface area contributed by atoms with E-state index >= 15 is 0 Å². The summed E-state index contributed by atoms with van der Waals surface area (Å²) in [4.78, 5) is 4.59. The lowest BCUT2D eigenvalue weighted by Crippen LogP contribution is -2.10. The fourth-order valence-electron chi connectivity index (χ4n) is 5.56. The van der Waals surface area contributed by atoms with Crippen LogP contribution in [-0.4, -0.2) is 12.4 Å². The Balaban J connectivity index is 1.28. The van der Waals surface area contributed by atoms with Crippen LogP contribution < -0.4 is 14.5 Å². The van der Waals surface area contributed by atoms with Gasteiger partial charge in [0.15, 0.2) is 0 Å². The molecule has 0 spiro atoms. The summed E-state index contributed by atoms with van der Waals surface area (Å²) >= 11 is 4.28. The van der Waals surface area contributed by atoms with Gasteiger partial charge >= 0.3 is 0 Å². The summed E-state index contributed by atoms with van der Waals surface area (Å²) in [5, 5.41) is 0. The highest BCUT2D eigenvalue weighted by Gasteiger charge is 2.15. The van der Waals surface area contributed by atoms with E-state index in [1.165, 1.54) is 22.3 Å². The number of thiol groups is 1. The van der Waals surface area contributed by atoms with E-state index in [1.807, 2.05) is 12.1 Å². The first-order valence-electron chi connectivity index (χ1n) is 15.4. The third kappa shape index (κ3) is 7.25. The molecular weight excluding hydrogens is 569 g/mol. The molecule has 0 aliphatic carbocycles. The summed E-state index contributed by atoms with van der Waals surface area (Å²) in [5.74, 6) is 1.69. The number of anilines is 6. The molecular formula is C41H38N2OS. The standard InChI is InChI=1S/C41H38N2OS/c1-31-9-6-13-39(29-31)42(35-11-4-3-5-12-35)36-19-15-33(16-20-36)34-17-21-37(22-18-34)43(40-14-7-10-32(2)30-40)38-23-25-41(26-24-38)44-27-8-28-45/h3-7,9-26,29-30,45H,8,27-28H2,1-2H3. The summed E-state index contributed by atoms with van der Waals surface area (Å²) < 4.78 is 5.88. The zero-order valence-electron chi connectivity index (χ0n) is 25.8. The number of rotatable bonds is 11. The second kappa shape index (κ2) is 14.2. The van der Waals surface area contributed by atoms with Gasteiger partial charge in [-0.25, -0.2) is 0 Å². The fourth-order valence-corrected chi connectivity index (χ4v) is 5.69. The van der Waals surface area contributed by atoms with Crippen LogP contribution in [0.3, 0.4) is 0 Å². The van der Waals surface area contributed by atoms with Gasteiger partial charge in [0, 0.05) is 34.1 Å². The third-order valence-corrected chi connectivity index (χ3v) is 8.10. The largest absolute Gasteiger partial charge is 0.494 e. The Labute approximate surface area is 272 Å². The van der Waals surface area contributed by atoms with Crippen LogP contribution >= 0.6 is 12.6 Å². The number of benzene rings is 6. The van der Waals surface area contributed by atoms with Crippen molar-refractivity contribution < 1.29 is 4.74 Å². The zero-order chi connectivity index (χ0) is 31.0. The van der Waals surface area contributed by atoms with Crippen molar-refractivity contribution in [3.8, 4) is 16.9 Å². The summed E-state index contributed by atoms with van der Waals surface area (Å²) in [6, 6.07) is 53.8. The first-order valence-corrected chi connectivity index (χ1v) is 16.1. The molecule has 0 saturated carbocycles. The van der Waals surface area contributed by atoms with Crippen LogP contribution in [-0.2, 0) is 0 Å². The molecule has 45 heavy (non-hydrogen) atoms. The van der Waals surface area contributed by atoms with E-state index in [0.29, 0.717) is 6.61 Å². The predicted molar refractivity (Wildman–Crippen MR) is 195 cm³/mol. The number of ether oxygens (including phenoxy) is 1. The van der Waals surface area contributed by atoms with Crippen molar-refractivity contribution in [2.75, 3.05) is 22.2 Å². The molecule has 6 aromatic carbocycles. The number of nitrogens with zero attached hydrogens (tertiary/aromatic N) is 2. The van der Waals surface area contributed by atoms with Crippen molar-refractivity contribution in [1.29, 1.82) is 0 Å². The van der Waals surface area contributed by atoms with Gasteiger partial charge in [-0.15, -0.1) is 0 Å². The molecule has 0 aliphatic rings. The molecule has 3 nitrogen and oxygen atoms in total. The monoisotopic (exact) mass is 606 g/mol. The van der Waals surface area contributed by atoms with Crippen molar-refractivity contribution in [3.63, 3.8) is 0 Å². The van der Waals surface area contributed by atoms with E-state index in [-0.39, 0.29) is 0 Å². The number of aryl methyl sites for hydroxylation is 2. The molecule has 4 heteroatoms. The topological polar surface area (TPSA) is 15.7 Å². The highest BCUT2D eigenvalue weighted by Crippen LogP contribution is 2.38. The highest BCUT2D eigenvalue weighted by atomic mass is 32.1. The van der Waals surface area contributed by atoms with Gasteiger partial charge in [-0.2, -0.15) is 12.6 Å². The third-order valence-electron chi connectivity index (χ3n) is 7.78. The summed E-state index contributed by atoms with van der Waals surface area (Å²) in [6.45, 7) is 4.93. The molecule has 6 aromatic rings. The molecule has 0 unspecified atom stereocenters. The van der Waals surface area contributed by atoms with Crippen LogP contribution in [0.15, 0.2) is 152 Å². The van der Waals surface area contributed by atoms with Gasteiger partial charge in [-0.1, -0.05) is 66.7 Å². The second-order valence-corrected chi connectivity index (χ2v) is 11.6. The van der Waals surface area contributed by atoms with Crippen LogP contribution in [0.25, 0.3) is 11.1 Å². The lowest BCUT2D eigenvalue weighted by molar-refractivity contribution is 0.319. The quantitative estimate of drug-likeness (QED) is 0.117. The summed E-state index contributed by atoms with van der Waals surface area (Å²) in [6.07, 6.45) is 0.924. The Bertz CT molecular complexity index is 1820. The van der Waals surface area contributed by atoms with Crippen molar-refractivity contribution in [3.05, 3.63) is 163 Å². The maximum Gasteiger partial charge on any atom is 0.119 e. The second-order valence-electron chi connectivity index (χ2n) is 11.2. The van der Waals surface area contributed by atoms with Gasteiger partial charge in [-0.05, 0) is 133 Å². The van der Waals surface area contributed by atoms with E-state index in [1.54, 1.807) is 0 Å². The van der Waals surface area contributed by atoms with E-state index in [4.69, 9.17) is 4.74 Å².